The first-order chi connectivity index (χ1) is 15.1. The quantitative estimate of drug-likeness (QED) is 0.425. The molecule has 0 fully saturated rings. The Balaban J connectivity index is 0.00000363. The zero-order chi connectivity index (χ0) is 22.1. The van der Waals surface area contributed by atoms with E-state index in [0.29, 0.717) is 37.9 Å². The van der Waals surface area contributed by atoms with E-state index in [1.807, 2.05) is 54.6 Å². The van der Waals surface area contributed by atoms with E-state index in [4.69, 9.17) is 11.5 Å². The molecule has 1 aromatic heterocycles. The number of aromatic nitrogens is 2. The predicted octanol–water partition coefficient (Wildman–Crippen LogP) is 2.56. The molecule has 0 aliphatic heterocycles. The van der Waals surface area contributed by atoms with Crippen LogP contribution in [0.1, 0.15) is 37.9 Å². The number of para-hydroxylation sites is 2. The molecule has 7 heteroatoms. The molecule has 0 saturated heterocycles. The van der Waals surface area contributed by atoms with E-state index in [1.165, 1.54) is 0 Å². The standard InChI is InChI=1S/C24H29N5O2.CH4/c25-14-6-9-19(26)24(31)29-22(13-12-17-7-2-1-3-8-17)23(30)15-18-16-27-20-10-4-5-11-21(20)28-18;/h1-5,7-8,10-11,16,19,22H,6,9,12-15,25-26H2,(H,29,31);1H4/t19-,22+;/m0./s1. The lowest BCUT2D eigenvalue weighted by Crippen LogP contribution is -2.49. The average Bonchev–Trinajstić information content (AvgIpc) is 2.80. The number of nitrogens with zero attached hydrogens (tertiary/aromatic N) is 2. The van der Waals surface area contributed by atoms with Gasteiger partial charge in [-0.25, -0.2) is 4.98 Å². The van der Waals surface area contributed by atoms with Gasteiger partial charge in [-0.15, -0.1) is 0 Å². The molecule has 32 heavy (non-hydrogen) atoms. The molecule has 0 radical (unpaired) electrons. The molecule has 5 N–H and O–H groups in total. The molecule has 0 spiro atoms. The number of Topliss-reactive ketones (excluding diaryl/α,β-unsaturated/α-hetero) is 1. The van der Waals surface area contributed by atoms with Crippen molar-refractivity contribution in [3.63, 3.8) is 0 Å². The molecule has 0 aliphatic carbocycles. The van der Waals surface area contributed by atoms with Crippen molar-refractivity contribution in [2.24, 2.45) is 11.5 Å². The summed E-state index contributed by atoms with van der Waals surface area (Å²) in [5.41, 5.74) is 14.7. The number of ketones is 1. The monoisotopic (exact) mass is 435 g/mol. The van der Waals surface area contributed by atoms with Gasteiger partial charge in [0.15, 0.2) is 5.78 Å². The second kappa shape index (κ2) is 12.6. The molecule has 3 rings (SSSR count). The van der Waals surface area contributed by atoms with Gasteiger partial charge in [0.2, 0.25) is 5.91 Å². The summed E-state index contributed by atoms with van der Waals surface area (Å²) in [7, 11) is 0. The second-order valence-corrected chi connectivity index (χ2v) is 7.62. The van der Waals surface area contributed by atoms with Crippen LogP contribution in [0.3, 0.4) is 0 Å². The highest BCUT2D eigenvalue weighted by Gasteiger charge is 2.24. The number of carbonyl (C=O) groups is 2. The van der Waals surface area contributed by atoms with Crippen LogP contribution in [0.5, 0.6) is 0 Å². The fourth-order valence-electron chi connectivity index (χ4n) is 3.40. The van der Waals surface area contributed by atoms with Crippen LogP contribution in [-0.4, -0.2) is 40.3 Å². The van der Waals surface area contributed by atoms with E-state index in [-0.39, 0.29) is 25.5 Å². The van der Waals surface area contributed by atoms with Gasteiger partial charge in [-0.05, 0) is 49.9 Å². The third-order valence-electron chi connectivity index (χ3n) is 5.18. The van der Waals surface area contributed by atoms with Gasteiger partial charge in [0.1, 0.15) is 0 Å². The summed E-state index contributed by atoms with van der Waals surface area (Å²) in [5, 5.41) is 2.85. The van der Waals surface area contributed by atoms with Crippen LogP contribution in [0, 0.1) is 0 Å². The summed E-state index contributed by atoms with van der Waals surface area (Å²) in [4.78, 5) is 34.6. The third-order valence-corrected chi connectivity index (χ3v) is 5.18. The first-order valence-corrected chi connectivity index (χ1v) is 10.6. The number of hydrogen-bond acceptors (Lipinski definition) is 6. The molecule has 7 nitrogen and oxygen atoms in total. The molecule has 0 aliphatic rings. The van der Waals surface area contributed by atoms with Gasteiger partial charge in [0.25, 0.3) is 0 Å². The Labute approximate surface area is 189 Å². The fourth-order valence-corrected chi connectivity index (χ4v) is 3.40. The lowest BCUT2D eigenvalue weighted by molar-refractivity contribution is -0.128. The molecular weight excluding hydrogens is 402 g/mol. The van der Waals surface area contributed by atoms with Gasteiger partial charge >= 0.3 is 0 Å². The Morgan fingerprint density at radius 2 is 1.66 bits per heavy atom. The predicted molar refractivity (Wildman–Crippen MR) is 128 cm³/mol. The normalized spacial score (nSPS) is 12.6. The molecule has 2 aromatic carbocycles. The summed E-state index contributed by atoms with van der Waals surface area (Å²) < 4.78 is 0. The first kappa shape index (κ1) is 25.1. The van der Waals surface area contributed by atoms with Crippen LogP contribution < -0.4 is 16.8 Å². The van der Waals surface area contributed by atoms with Gasteiger partial charge in [-0.1, -0.05) is 49.9 Å². The Morgan fingerprint density at radius 1 is 0.969 bits per heavy atom. The molecular formula is C25H33N5O2. The SMILES string of the molecule is C.NCCC[C@H](N)C(=O)N[C@H](CCc1ccccc1)C(=O)Cc1cnc2ccccc2n1. The maximum absolute atomic E-state index is 13.1. The van der Waals surface area contributed by atoms with Crippen molar-refractivity contribution in [2.45, 2.75) is 51.6 Å². The van der Waals surface area contributed by atoms with Crippen LogP contribution in [0.4, 0.5) is 0 Å². The largest absolute Gasteiger partial charge is 0.345 e. The fraction of sp³-hybridized carbons (Fsp3) is 0.360. The number of carbonyl (C=O) groups excluding carboxylic acids is 2. The molecule has 1 amide bonds. The van der Waals surface area contributed by atoms with E-state index in [0.717, 1.165) is 16.6 Å². The number of fused-ring (bicyclic) bond motifs is 1. The number of nitrogens with two attached hydrogens (primary N) is 2. The minimum atomic E-state index is -0.684. The summed E-state index contributed by atoms with van der Waals surface area (Å²) in [6.45, 7) is 0.470. The summed E-state index contributed by atoms with van der Waals surface area (Å²) in [5.74, 6) is -0.440. The minimum absolute atomic E-state index is 0. The van der Waals surface area contributed by atoms with Crippen molar-refractivity contribution >= 4 is 22.7 Å². The van der Waals surface area contributed by atoms with E-state index >= 15 is 0 Å². The van der Waals surface area contributed by atoms with Crippen LogP contribution in [0.15, 0.2) is 60.8 Å². The maximum Gasteiger partial charge on any atom is 0.237 e. The average molecular weight is 436 g/mol. The molecule has 0 unspecified atom stereocenters. The van der Waals surface area contributed by atoms with Crippen LogP contribution >= 0.6 is 0 Å². The third kappa shape index (κ3) is 7.21. The number of hydrogen-bond donors (Lipinski definition) is 3. The molecule has 170 valence electrons. The molecule has 0 bridgehead atoms. The van der Waals surface area contributed by atoms with Crippen molar-refractivity contribution in [3.8, 4) is 0 Å². The van der Waals surface area contributed by atoms with Crippen LogP contribution in [-0.2, 0) is 22.4 Å². The topological polar surface area (TPSA) is 124 Å². The van der Waals surface area contributed by atoms with Crippen LogP contribution in [0.25, 0.3) is 11.0 Å². The van der Waals surface area contributed by atoms with Crippen molar-refractivity contribution < 1.29 is 9.59 Å². The number of rotatable bonds is 11. The summed E-state index contributed by atoms with van der Waals surface area (Å²) in [6.07, 6.45) is 4.00. The van der Waals surface area contributed by atoms with Gasteiger partial charge in [0.05, 0.1) is 35.2 Å². The van der Waals surface area contributed by atoms with E-state index < -0.39 is 12.1 Å². The zero-order valence-corrected chi connectivity index (χ0v) is 17.5. The van der Waals surface area contributed by atoms with Crippen LogP contribution in [0.2, 0.25) is 0 Å². The first-order valence-electron chi connectivity index (χ1n) is 10.6. The van der Waals surface area contributed by atoms with Crippen molar-refractivity contribution in [1.82, 2.24) is 15.3 Å². The summed E-state index contributed by atoms with van der Waals surface area (Å²) in [6, 6.07) is 16.1. The van der Waals surface area contributed by atoms with E-state index in [9.17, 15) is 9.59 Å². The van der Waals surface area contributed by atoms with Gasteiger partial charge in [0, 0.05) is 6.20 Å². The highest BCUT2D eigenvalue weighted by molar-refractivity contribution is 5.91. The lowest BCUT2D eigenvalue weighted by Gasteiger charge is -2.20. The highest BCUT2D eigenvalue weighted by Crippen LogP contribution is 2.12. The lowest BCUT2D eigenvalue weighted by atomic mass is 9.99. The number of nitrogens with one attached hydrogen (secondary N) is 1. The maximum atomic E-state index is 13.1. The van der Waals surface area contributed by atoms with Gasteiger partial charge in [-0.3, -0.25) is 14.6 Å². The van der Waals surface area contributed by atoms with Gasteiger partial charge in [-0.2, -0.15) is 0 Å². The summed E-state index contributed by atoms with van der Waals surface area (Å²) >= 11 is 0. The Bertz CT molecular complexity index is 1010. The molecule has 0 saturated carbocycles. The van der Waals surface area contributed by atoms with Crippen molar-refractivity contribution in [2.75, 3.05) is 6.54 Å². The zero-order valence-electron chi connectivity index (χ0n) is 17.5. The van der Waals surface area contributed by atoms with E-state index in [1.54, 1.807) is 6.20 Å². The minimum Gasteiger partial charge on any atom is -0.345 e. The number of amides is 1. The van der Waals surface area contributed by atoms with E-state index in [2.05, 4.69) is 15.3 Å². The van der Waals surface area contributed by atoms with Crippen molar-refractivity contribution in [3.05, 3.63) is 72.1 Å². The highest BCUT2D eigenvalue weighted by atomic mass is 16.2. The smallest absolute Gasteiger partial charge is 0.237 e. The second-order valence-electron chi connectivity index (χ2n) is 7.62. The molecule has 3 aromatic rings. The Hall–Kier alpha value is -3.16. The number of benzene rings is 2. The van der Waals surface area contributed by atoms with Crippen molar-refractivity contribution in [1.29, 1.82) is 0 Å². The molecule has 2 atom stereocenters. The molecule has 1 heterocycles. The Morgan fingerprint density at radius 3 is 2.38 bits per heavy atom. The van der Waals surface area contributed by atoms with Gasteiger partial charge < -0.3 is 16.8 Å². The Kier molecular flexibility index (Phi) is 9.91. The number of aryl methyl sites for hydroxylation is 1.